The smallest absolute Gasteiger partial charge is 0.334 e. The van der Waals surface area contributed by atoms with Crippen LogP contribution in [-0.2, 0) is 4.79 Å². The Labute approximate surface area is 111 Å². The van der Waals surface area contributed by atoms with Gasteiger partial charge in [0.25, 0.3) is 0 Å². The molecular formula is C16H14O3. The van der Waals surface area contributed by atoms with E-state index in [9.17, 15) is 4.79 Å². The van der Waals surface area contributed by atoms with Crippen LogP contribution < -0.4 is 4.74 Å². The lowest BCUT2D eigenvalue weighted by Crippen LogP contribution is -1.98. The van der Waals surface area contributed by atoms with Crippen LogP contribution in [0.25, 0.3) is 11.1 Å². The highest BCUT2D eigenvalue weighted by molar-refractivity contribution is 5.85. The van der Waals surface area contributed by atoms with E-state index in [1.165, 1.54) is 13.2 Å². The van der Waals surface area contributed by atoms with Crippen molar-refractivity contribution in [3.8, 4) is 16.9 Å². The summed E-state index contributed by atoms with van der Waals surface area (Å²) in [7, 11) is 0. The van der Waals surface area contributed by atoms with Crippen molar-refractivity contribution in [3.05, 3.63) is 66.4 Å². The minimum Gasteiger partial charge on any atom is -0.478 e. The molecule has 2 aromatic carbocycles. The standard InChI is InChI=1S/C16H14O3/c1-12(16(17)18)11-19-15-9-7-14(8-10-15)13-5-3-2-4-6-13/h2-11H,1H3,(H,17,18). The van der Waals surface area contributed by atoms with Crippen molar-refractivity contribution in [3.63, 3.8) is 0 Å². The zero-order valence-electron chi connectivity index (χ0n) is 10.5. The number of rotatable bonds is 4. The Bertz CT molecular complexity index is 583. The molecule has 3 nitrogen and oxygen atoms in total. The first-order chi connectivity index (χ1) is 9.16. The molecular weight excluding hydrogens is 240 g/mol. The second kappa shape index (κ2) is 5.87. The van der Waals surface area contributed by atoms with E-state index in [0.29, 0.717) is 5.75 Å². The van der Waals surface area contributed by atoms with Gasteiger partial charge in [0.2, 0.25) is 0 Å². The van der Waals surface area contributed by atoms with Gasteiger partial charge < -0.3 is 9.84 Å². The first kappa shape index (κ1) is 12.9. The number of benzene rings is 2. The Morgan fingerprint density at radius 1 is 1.00 bits per heavy atom. The molecule has 3 heteroatoms. The molecule has 1 N–H and O–H groups in total. The van der Waals surface area contributed by atoms with Crippen molar-refractivity contribution < 1.29 is 14.6 Å². The van der Waals surface area contributed by atoms with Crippen molar-refractivity contribution in [2.45, 2.75) is 6.92 Å². The van der Waals surface area contributed by atoms with Crippen molar-refractivity contribution in [2.75, 3.05) is 0 Å². The first-order valence-corrected chi connectivity index (χ1v) is 5.89. The average Bonchev–Trinajstić information content (AvgIpc) is 2.46. The molecule has 0 heterocycles. The highest BCUT2D eigenvalue weighted by atomic mass is 16.5. The lowest BCUT2D eigenvalue weighted by atomic mass is 10.1. The minimum atomic E-state index is -0.985. The molecule has 0 aliphatic carbocycles. The van der Waals surface area contributed by atoms with Crippen LogP contribution in [0, 0.1) is 0 Å². The van der Waals surface area contributed by atoms with E-state index >= 15 is 0 Å². The zero-order chi connectivity index (χ0) is 13.7. The van der Waals surface area contributed by atoms with Gasteiger partial charge in [0.15, 0.2) is 0 Å². The summed E-state index contributed by atoms with van der Waals surface area (Å²) in [6, 6.07) is 17.5. The van der Waals surface area contributed by atoms with Gasteiger partial charge in [-0.05, 0) is 30.2 Å². The van der Waals surface area contributed by atoms with Crippen molar-refractivity contribution >= 4 is 5.97 Å². The number of carboxylic acids is 1. The number of hydrogen-bond acceptors (Lipinski definition) is 2. The third-order valence-electron chi connectivity index (χ3n) is 2.67. The fraction of sp³-hybridized carbons (Fsp3) is 0.0625. The lowest BCUT2D eigenvalue weighted by molar-refractivity contribution is -0.132. The molecule has 2 aromatic rings. The van der Waals surface area contributed by atoms with Crippen LogP contribution in [0.15, 0.2) is 66.4 Å². The minimum absolute atomic E-state index is 0.159. The number of aliphatic carboxylic acids is 1. The molecule has 0 saturated heterocycles. The van der Waals surface area contributed by atoms with Gasteiger partial charge in [-0.2, -0.15) is 0 Å². The van der Waals surface area contributed by atoms with E-state index in [4.69, 9.17) is 9.84 Å². The van der Waals surface area contributed by atoms with E-state index < -0.39 is 5.97 Å². The van der Waals surface area contributed by atoms with E-state index in [-0.39, 0.29) is 5.57 Å². The maximum absolute atomic E-state index is 10.6. The summed E-state index contributed by atoms with van der Waals surface area (Å²) < 4.78 is 5.28. The quantitative estimate of drug-likeness (QED) is 0.668. The maximum Gasteiger partial charge on any atom is 0.334 e. The average molecular weight is 254 g/mol. The highest BCUT2D eigenvalue weighted by Gasteiger charge is 2.01. The van der Waals surface area contributed by atoms with Gasteiger partial charge in [0, 0.05) is 0 Å². The van der Waals surface area contributed by atoms with Crippen LogP contribution in [0.2, 0.25) is 0 Å². The van der Waals surface area contributed by atoms with E-state index in [2.05, 4.69) is 0 Å². The largest absolute Gasteiger partial charge is 0.478 e. The Hall–Kier alpha value is -2.55. The molecule has 0 saturated carbocycles. The summed E-state index contributed by atoms with van der Waals surface area (Å²) in [5.74, 6) is -0.374. The van der Waals surface area contributed by atoms with E-state index in [1.54, 1.807) is 0 Å². The van der Waals surface area contributed by atoms with E-state index in [0.717, 1.165) is 11.1 Å². The molecule has 0 fully saturated rings. The molecule has 0 bridgehead atoms. The Morgan fingerprint density at radius 3 is 2.16 bits per heavy atom. The van der Waals surface area contributed by atoms with Crippen LogP contribution in [-0.4, -0.2) is 11.1 Å². The third kappa shape index (κ3) is 3.45. The fourth-order valence-corrected chi connectivity index (χ4v) is 1.56. The Balaban J connectivity index is 2.11. The summed E-state index contributed by atoms with van der Waals surface area (Å²) in [6.45, 7) is 1.49. The van der Waals surface area contributed by atoms with Gasteiger partial charge in [0.1, 0.15) is 12.0 Å². The van der Waals surface area contributed by atoms with E-state index in [1.807, 2.05) is 54.6 Å². The molecule has 0 aliphatic heterocycles. The van der Waals surface area contributed by atoms with Crippen LogP contribution in [0.3, 0.4) is 0 Å². The number of hydrogen-bond donors (Lipinski definition) is 1. The van der Waals surface area contributed by atoms with Gasteiger partial charge >= 0.3 is 5.97 Å². The molecule has 19 heavy (non-hydrogen) atoms. The highest BCUT2D eigenvalue weighted by Crippen LogP contribution is 2.22. The molecule has 2 rings (SSSR count). The second-order valence-corrected chi connectivity index (χ2v) is 4.11. The first-order valence-electron chi connectivity index (χ1n) is 5.89. The normalized spacial score (nSPS) is 11.1. The monoisotopic (exact) mass is 254 g/mol. The van der Waals surface area contributed by atoms with Gasteiger partial charge in [-0.1, -0.05) is 42.5 Å². The molecule has 0 spiro atoms. The van der Waals surface area contributed by atoms with Gasteiger partial charge in [-0.3, -0.25) is 0 Å². The summed E-state index contributed by atoms with van der Waals surface area (Å²) >= 11 is 0. The second-order valence-electron chi connectivity index (χ2n) is 4.11. The zero-order valence-corrected chi connectivity index (χ0v) is 10.5. The van der Waals surface area contributed by atoms with Crippen LogP contribution in [0.4, 0.5) is 0 Å². The van der Waals surface area contributed by atoms with Gasteiger partial charge in [-0.25, -0.2) is 4.79 Å². The summed E-state index contributed by atoms with van der Waals surface area (Å²) in [6.07, 6.45) is 1.24. The topological polar surface area (TPSA) is 46.5 Å². The predicted molar refractivity (Wildman–Crippen MR) is 73.9 cm³/mol. The van der Waals surface area contributed by atoms with Crippen LogP contribution in [0.5, 0.6) is 5.75 Å². The predicted octanol–water partition coefficient (Wildman–Crippen LogP) is 3.72. The molecule has 0 aliphatic rings. The lowest BCUT2D eigenvalue weighted by Gasteiger charge is -2.04. The summed E-state index contributed by atoms with van der Waals surface area (Å²) in [4.78, 5) is 10.6. The molecule has 96 valence electrons. The Kier molecular flexibility index (Phi) is 3.98. The number of carbonyl (C=O) groups is 1. The van der Waals surface area contributed by atoms with Gasteiger partial charge in [-0.15, -0.1) is 0 Å². The van der Waals surface area contributed by atoms with Crippen LogP contribution >= 0.6 is 0 Å². The third-order valence-corrected chi connectivity index (χ3v) is 2.67. The fourth-order valence-electron chi connectivity index (χ4n) is 1.56. The van der Waals surface area contributed by atoms with Gasteiger partial charge in [0.05, 0.1) is 5.57 Å². The maximum atomic E-state index is 10.6. The molecule has 0 amide bonds. The van der Waals surface area contributed by atoms with Crippen molar-refractivity contribution in [1.29, 1.82) is 0 Å². The van der Waals surface area contributed by atoms with Crippen molar-refractivity contribution in [1.82, 2.24) is 0 Å². The van der Waals surface area contributed by atoms with Crippen LogP contribution in [0.1, 0.15) is 6.92 Å². The molecule has 0 unspecified atom stereocenters. The molecule has 0 atom stereocenters. The SMILES string of the molecule is CC(=COc1ccc(-c2ccccc2)cc1)C(=O)O. The van der Waals surface area contributed by atoms with Crippen molar-refractivity contribution in [2.24, 2.45) is 0 Å². The summed E-state index contributed by atoms with van der Waals surface area (Å²) in [5, 5.41) is 8.70. The Morgan fingerprint density at radius 2 is 1.58 bits per heavy atom. The number of carboxylic acid groups (broad SMARTS) is 1. The molecule has 0 radical (unpaired) electrons. The molecule has 0 aromatic heterocycles. The summed E-state index contributed by atoms with van der Waals surface area (Å²) in [5.41, 5.74) is 2.38. The number of ether oxygens (including phenoxy) is 1.